The van der Waals surface area contributed by atoms with E-state index in [1.807, 2.05) is 0 Å². The molecule has 15 rings (SSSR count). The van der Waals surface area contributed by atoms with Crippen molar-refractivity contribution in [3.8, 4) is 0 Å². The second-order valence-corrected chi connectivity index (χ2v) is 44.0. The predicted molar refractivity (Wildman–Crippen MR) is 497 cm³/mol. The molecule has 0 bridgehead atoms. The van der Waals surface area contributed by atoms with Crippen LogP contribution < -0.4 is 65.8 Å². The minimum absolute atomic E-state index is 0.000346. The van der Waals surface area contributed by atoms with Gasteiger partial charge in [-0.05, 0) is 39.0 Å². The van der Waals surface area contributed by atoms with Gasteiger partial charge < -0.3 is 176 Å². The Labute approximate surface area is 835 Å². The first kappa shape index (κ1) is 111. The van der Waals surface area contributed by atoms with Gasteiger partial charge in [0.25, 0.3) is 26.8 Å². The molecule has 6 saturated heterocycles. The second-order valence-electron chi connectivity index (χ2n) is 33.1. The highest BCUT2D eigenvalue weighted by atomic mass is 32.7. The van der Waals surface area contributed by atoms with E-state index in [-0.39, 0.29) is 134 Å². The molecule has 0 saturated carbocycles. The van der Waals surface area contributed by atoms with Crippen molar-refractivity contribution in [2.45, 2.75) is 182 Å². The Hall–Kier alpha value is -7.81. The third-order valence-corrected chi connectivity index (χ3v) is 30.2. The molecule has 9 aromatic heterocycles. The van der Waals surface area contributed by atoms with Crippen LogP contribution in [0.25, 0.3) is 33.5 Å². The Morgan fingerprint density at radius 1 is 0.428 bits per heavy atom. The number of imidazole rings is 3. The van der Waals surface area contributed by atoms with Gasteiger partial charge in [-0.2, -0.15) is 4.98 Å². The third-order valence-electron chi connectivity index (χ3n) is 23.6. The van der Waals surface area contributed by atoms with Gasteiger partial charge in [0, 0.05) is 77.3 Å². The lowest BCUT2D eigenvalue weighted by Gasteiger charge is -2.35. The van der Waals surface area contributed by atoms with Gasteiger partial charge in [0.2, 0.25) is 0 Å². The van der Waals surface area contributed by atoms with Crippen molar-refractivity contribution in [1.29, 1.82) is 0 Å². The molecule has 145 heavy (non-hydrogen) atoms. The molecule has 6 aliphatic heterocycles. The highest BCUT2D eigenvalue weighted by molar-refractivity contribution is 8.32. The van der Waals surface area contributed by atoms with Gasteiger partial charge in [0.1, 0.15) is 146 Å². The number of aliphatic hydroxyl groups is 1. The molecule has 10 unspecified atom stereocenters. The quantitative estimate of drug-likeness (QED) is 0.0109. The average molecular weight is 2200 g/mol. The molecule has 9 aromatic rings. The molecule has 0 aromatic carbocycles. The van der Waals surface area contributed by atoms with E-state index in [2.05, 4.69) is 59.8 Å². The average Bonchev–Trinajstić information content (AvgIpc) is 1.60. The minimum Gasteiger partial charge on any atom is -0.780 e. The van der Waals surface area contributed by atoms with Crippen molar-refractivity contribution < 1.29 is 159 Å². The standard InChI is InChI=1S/C76H109N22O39P5S3/c1-10-39-40(21-46(127-39)96-33-87-47-61(78)81-30-84-64(47)96)133-140(109,143)125-28-44-52(57(119-18-13-114-7)72(132-44)97-34-88-48-62(79)82-31-85-65(48)97)135-138(105,106)122-26-42-51(56(118-17-12-113-6)70(129-42)93-22-36(2)60(77)90-74(93)102)134-139(107,108)123-27-43-53(59(121-20-15-116-9)73(131-43)98-35-89-49-63(80)83-32-86-66(49)98)136-142(111,145)126-29-45-54(58(120-19-14-115-8)71(130-45)95-24-38(4)68(101)92-76(95)104)137-141(110,144)124-25-41-50(99)55(117-16-11-112-5)69(128-41)94-23-37(3)67(100)91-75(94)103/h22-24,30-35,39-46,50-59,69-73,99H,10-21,25-29H2,1-9H3,(H,105,106)(H,107,108)(H,109,143)(H,110,144)(H,111,145)(H2,77,90,102)(H2,78,81,84)(H2,79,82,85)(H2,80,83,86)(H,91,100,103)(H,92,101,104)/p-4/t39-,40-,41-,42-,43-,44-,45-,46-,50+,51+,52+,53+,54+,55?,56?,57?,58?,59?,69-,70-,71-,72-,73-,140?,141?,142?/m1/s1. The zero-order valence-corrected chi connectivity index (χ0v) is 85.3. The molecule has 28 atom stereocenters. The molecule has 6 fully saturated rings. The van der Waals surface area contributed by atoms with Crippen LogP contribution >= 0.6 is 35.9 Å². The first-order chi connectivity index (χ1) is 69.2. The van der Waals surface area contributed by atoms with Crippen LogP contribution in [0.3, 0.4) is 0 Å². The van der Waals surface area contributed by atoms with E-state index in [1.54, 1.807) is 11.5 Å². The monoisotopic (exact) mass is 2200 g/mol. The van der Waals surface area contributed by atoms with Crippen molar-refractivity contribution in [3.63, 3.8) is 0 Å². The number of aliphatic hydroxyl groups excluding tert-OH is 1. The number of H-pyrrole nitrogens is 2. The first-order valence-electron chi connectivity index (χ1n) is 44.3. The van der Waals surface area contributed by atoms with Gasteiger partial charge in [-0.3, -0.25) is 65.2 Å². The van der Waals surface area contributed by atoms with E-state index in [0.29, 0.717) is 12.1 Å². The van der Waals surface area contributed by atoms with Crippen LogP contribution in [-0.2, 0) is 171 Å². The van der Waals surface area contributed by atoms with Crippen molar-refractivity contribution in [1.82, 2.24) is 87.2 Å². The number of phosphoric ester groups is 2. The lowest BCUT2D eigenvalue weighted by Crippen LogP contribution is -2.42. The number of nitrogens with zero attached hydrogens (tertiary/aromatic N) is 16. The molecule has 800 valence electrons. The van der Waals surface area contributed by atoms with Crippen LogP contribution in [0.2, 0.25) is 0 Å². The number of nitrogens with two attached hydrogens (primary N) is 4. The summed E-state index contributed by atoms with van der Waals surface area (Å²) in [4.78, 5) is 170. The summed E-state index contributed by atoms with van der Waals surface area (Å²) in [5.74, 6) is -0.362. The summed E-state index contributed by atoms with van der Waals surface area (Å²) in [5.41, 5.74) is 20.9. The third kappa shape index (κ3) is 26.0. The smallest absolute Gasteiger partial charge is 0.351 e. The summed E-state index contributed by atoms with van der Waals surface area (Å²) in [6.07, 6.45) is -26.4. The van der Waals surface area contributed by atoms with Crippen molar-refractivity contribution in [2.24, 2.45) is 0 Å². The van der Waals surface area contributed by atoms with E-state index in [0.717, 1.165) is 32.6 Å². The van der Waals surface area contributed by atoms with Gasteiger partial charge >= 0.3 is 23.8 Å². The van der Waals surface area contributed by atoms with E-state index in [1.165, 1.54) is 103 Å². The Morgan fingerprint density at radius 2 is 0.786 bits per heavy atom. The first-order valence-corrected chi connectivity index (χ1v) is 54.9. The van der Waals surface area contributed by atoms with Crippen LogP contribution in [0.5, 0.6) is 0 Å². The van der Waals surface area contributed by atoms with Crippen LogP contribution in [-0.4, -0.2) is 336 Å². The molecule has 61 nitrogen and oxygen atoms in total. The van der Waals surface area contributed by atoms with E-state index >= 15 is 23.5 Å². The molecule has 0 aliphatic carbocycles. The number of hydrogen-bond acceptors (Lipinski definition) is 55. The van der Waals surface area contributed by atoms with E-state index < -0.39 is 245 Å². The van der Waals surface area contributed by atoms with Crippen LogP contribution in [0, 0.1) is 20.8 Å². The number of hydrogen-bond donors (Lipinski definition) is 8. The maximum absolute atomic E-state index is 15.6. The topological polar surface area (TPSA) is 780 Å². The molecule has 12 N–H and O–H groups in total. The molecule has 69 heteroatoms. The van der Waals surface area contributed by atoms with Gasteiger partial charge in [-0.1, -0.05) is 18.7 Å². The zero-order valence-electron chi connectivity index (χ0n) is 78.4. The molecule has 0 spiro atoms. The van der Waals surface area contributed by atoms with Crippen LogP contribution in [0.4, 0.5) is 23.3 Å². The number of ether oxygens (including phenoxy) is 16. The Balaban J connectivity index is 0.718. The summed E-state index contributed by atoms with van der Waals surface area (Å²) < 4.78 is 209. The molecule has 0 radical (unpaired) electrons. The Bertz CT molecular complexity index is 6580. The van der Waals surface area contributed by atoms with Crippen LogP contribution in [0.15, 0.2) is 80.5 Å². The number of phosphoric acid groups is 2. The number of nitrogens with one attached hydrogen (secondary N) is 2. The van der Waals surface area contributed by atoms with E-state index in [9.17, 15) is 38.9 Å². The zero-order chi connectivity index (χ0) is 104. The van der Waals surface area contributed by atoms with Crippen molar-refractivity contribution in [2.75, 3.05) is 158 Å². The number of fused-ring (bicyclic) bond motifs is 3. The summed E-state index contributed by atoms with van der Waals surface area (Å²) in [6.45, 7) is -16.5. The van der Waals surface area contributed by atoms with Crippen molar-refractivity contribution in [3.05, 3.63) is 125 Å². The molecule has 0 amide bonds. The number of methoxy groups -OCH3 is 5. The van der Waals surface area contributed by atoms with Gasteiger partial charge in [0.15, 0.2) is 72.3 Å². The Morgan fingerprint density at radius 3 is 1.22 bits per heavy atom. The normalized spacial score (nSPS) is 29.2. The molecular weight excluding hydrogens is 2100 g/mol. The van der Waals surface area contributed by atoms with Gasteiger partial charge in [0.05, 0.1) is 130 Å². The fourth-order valence-corrected chi connectivity index (χ4v) is 22.9. The lowest BCUT2D eigenvalue weighted by molar-refractivity contribution is -0.241. The van der Waals surface area contributed by atoms with Gasteiger partial charge in [-0.25, -0.2) is 59.2 Å². The number of nitrogen functional groups attached to an aromatic ring is 4. The number of aryl methyl sites for hydroxylation is 3. The summed E-state index contributed by atoms with van der Waals surface area (Å²) >= 11 is 16.9. The predicted octanol–water partition coefficient (Wildman–Crippen LogP) is -2.78. The summed E-state index contributed by atoms with van der Waals surface area (Å²) in [6, 6.07) is 0. The van der Waals surface area contributed by atoms with Crippen LogP contribution in [0.1, 0.15) is 73.8 Å². The highest BCUT2D eigenvalue weighted by Gasteiger charge is 2.57. The molecule has 6 aliphatic rings. The lowest BCUT2D eigenvalue weighted by atomic mass is 10.1. The summed E-state index contributed by atoms with van der Waals surface area (Å²) in [7, 11) is -5.58. The van der Waals surface area contributed by atoms with Crippen molar-refractivity contribution >= 4 is 129 Å². The largest absolute Gasteiger partial charge is 0.780 e. The highest BCUT2D eigenvalue weighted by Crippen LogP contribution is 2.57. The maximum atomic E-state index is 15.6. The molecule has 15 heterocycles. The number of anilines is 4. The fraction of sp³-hybridized carbons (Fsp3) is 0.645. The fourth-order valence-electron chi connectivity index (χ4n) is 16.7. The maximum Gasteiger partial charge on any atom is 0.351 e. The summed E-state index contributed by atoms with van der Waals surface area (Å²) in [5, 5.41) is 11.8. The SMILES string of the molecule is CC[C@H]1O[C@@H](n2cnc3c(N)ncnc32)C[C@H]1OP([O-])(=S)OC[C@H]1O[C@@H](n2cnc3c(N)ncnc32)C(OCCOC)[C@H]1OP(=O)([O-])OC[C@H]1O[C@@H](n2cc(C)c(N)nc2=O)C(OCCOC)[C@H]1OP(=O)([O-])OC[C@H]1O[C@@H](n2cnc3c(N)ncnc32)C(OCCOC)[C@H]1OP(=O)([S-])OC[C@H]1O[C@@H](n2cc(C)c(=O)[nH]c2=O)C(OCCOC)[C@H]1OP(O)(=S)OC[C@H]1O[C@@H](n2cc(C)c(=O)[nH]c2=O)C(OCCOC)[C@H]1O. The number of rotatable bonds is 52. The second kappa shape index (κ2) is 48.2. The molecular formula is C76H105N22O39P5S3-4. The van der Waals surface area contributed by atoms with E-state index in [4.69, 9.17) is 180 Å². The Kier molecular flexibility index (Phi) is 37.0. The number of aromatic amines is 2. The minimum atomic E-state index is -6.19. The van der Waals surface area contributed by atoms with Gasteiger partial charge in [-0.15, -0.1) is 0 Å². The number of aromatic nitrogens is 18.